The molecule has 0 aliphatic carbocycles. The van der Waals surface area contributed by atoms with E-state index in [0.29, 0.717) is 13.0 Å². The Morgan fingerprint density at radius 1 is 1.47 bits per heavy atom. The second-order valence-corrected chi connectivity index (χ2v) is 3.88. The van der Waals surface area contributed by atoms with E-state index in [1.54, 1.807) is 0 Å². The van der Waals surface area contributed by atoms with Crippen molar-refractivity contribution in [2.24, 2.45) is 0 Å². The normalized spacial score (nSPS) is 9.63. The Balaban J connectivity index is 2.56. The van der Waals surface area contributed by atoms with Crippen molar-refractivity contribution in [1.29, 1.82) is 0 Å². The summed E-state index contributed by atoms with van der Waals surface area (Å²) in [5.41, 5.74) is -0.245. The number of nitro groups is 1. The predicted octanol–water partition coefficient (Wildman–Crippen LogP) is 1.83. The van der Waals surface area contributed by atoms with Crippen molar-refractivity contribution in [3.05, 3.63) is 33.9 Å². The fourth-order valence-corrected chi connectivity index (χ4v) is 1.48. The first-order chi connectivity index (χ1) is 9.06. The number of rotatable bonds is 6. The monoisotopic (exact) mass is 262 g/mol. The lowest BCUT2D eigenvalue weighted by Crippen LogP contribution is -2.24. The van der Waals surface area contributed by atoms with Gasteiger partial charge in [-0.25, -0.2) is 0 Å². The number of carbonyl (C=O) groups excluding carboxylic acids is 1. The molecule has 0 aliphatic rings. The van der Waals surface area contributed by atoms with Gasteiger partial charge in [0, 0.05) is 24.6 Å². The van der Waals surface area contributed by atoms with E-state index in [2.05, 4.69) is 11.2 Å². The molecule has 0 aliphatic heterocycles. The zero-order valence-electron chi connectivity index (χ0n) is 10.3. The second kappa shape index (κ2) is 7.01. The van der Waals surface area contributed by atoms with E-state index in [0.717, 1.165) is 25.0 Å². The molecule has 6 nitrogen and oxygen atoms in total. The van der Waals surface area contributed by atoms with Crippen LogP contribution in [-0.2, 0) is 0 Å². The van der Waals surface area contributed by atoms with Gasteiger partial charge >= 0.3 is 5.69 Å². The van der Waals surface area contributed by atoms with Crippen molar-refractivity contribution in [3.8, 4) is 18.1 Å². The molecule has 0 radical (unpaired) electrons. The summed E-state index contributed by atoms with van der Waals surface area (Å²) < 4.78 is 0. The summed E-state index contributed by atoms with van der Waals surface area (Å²) in [4.78, 5) is 21.5. The van der Waals surface area contributed by atoms with Crippen LogP contribution in [0.2, 0.25) is 0 Å². The Hall–Kier alpha value is -2.55. The van der Waals surface area contributed by atoms with E-state index in [9.17, 15) is 20.0 Å². The van der Waals surface area contributed by atoms with Crippen molar-refractivity contribution < 1.29 is 14.8 Å². The minimum Gasteiger partial charge on any atom is -0.502 e. The minimum absolute atomic E-state index is 0.181. The van der Waals surface area contributed by atoms with Crippen LogP contribution in [0.5, 0.6) is 5.75 Å². The fraction of sp³-hybridized carbons (Fsp3) is 0.308. The topological polar surface area (TPSA) is 92.5 Å². The number of carbonyl (C=O) groups is 1. The Bertz CT molecular complexity index is 520. The first-order valence-corrected chi connectivity index (χ1v) is 5.75. The highest BCUT2D eigenvalue weighted by Gasteiger charge is 2.15. The third kappa shape index (κ3) is 4.32. The van der Waals surface area contributed by atoms with Gasteiger partial charge in [0.25, 0.3) is 5.91 Å². The van der Waals surface area contributed by atoms with Gasteiger partial charge in [-0.1, -0.05) is 0 Å². The Labute approximate surface area is 110 Å². The van der Waals surface area contributed by atoms with Gasteiger partial charge in [-0.3, -0.25) is 14.9 Å². The highest BCUT2D eigenvalue weighted by molar-refractivity contribution is 5.95. The highest BCUT2D eigenvalue weighted by Crippen LogP contribution is 2.26. The van der Waals surface area contributed by atoms with Crippen molar-refractivity contribution in [2.45, 2.75) is 19.3 Å². The van der Waals surface area contributed by atoms with Crippen molar-refractivity contribution in [1.82, 2.24) is 5.32 Å². The number of hydrogen-bond donors (Lipinski definition) is 2. The molecule has 0 atom stereocenters. The lowest BCUT2D eigenvalue weighted by Gasteiger charge is -2.05. The number of phenolic OH excluding ortho intramolecular Hbond substituents is 1. The zero-order valence-corrected chi connectivity index (χ0v) is 10.3. The minimum atomic E-state index is -0.711. The van der Waals surface area contributed by atoms with Gasteiger partial charge in [-0.05, 0) is 25.0 Å². The molecule has 19 heavy (non-hydrogen) atoms. The van der Waals surface area contributed by atoms with Crippen LogP contribution in [0.3, 0.4) is 0 Å². The van der Waals surface area contributed by atoms with Gasteiger partial charge in [0.15, 0.2) is 5.75 Å². The average molecular weight is 262 g/mol. The number of aromatic hydroxyl groups is 1. The Morgan fingerprint density at radius 2 is 2.21 bits per heavy atom. The van der Waals surface area contributed by atoms with Gasteiger partial charge in [-0.2, -0.15) is 0 Å². The molecule has 0 unspecified atom stereocenters. The third-order valence-corrected chi connectivity index (χ3v) is 2.47. The summed E-state index contributed by atoms with van der Waals surface area (Å²) in [6.45, 7) is 0.470. The molecule has 0 spiro atoms. The lowest BCUT2D eigenvalue weighted by molar-refractivity contribution is -0.385. The van der Waals surface area contributed by atoms with Gasteiger partial charge in [-0.15, -0.1) is 12.3 Å². The van der Waals surface area contributed by atoms with Crippen LogP contribution in [0.15, 0.2) is 18.2 Å². The molecule has 1 aromatic carbocycles. The molecule has 6 heteroatoms. The first-order valence-electron chi connectivity index (χ1n) is 5.75. The number of terminal acetylenes is 1. The number of nitrogens with one attached hydrogen (secondary N) is 1. The second-order valence-electron chi connectivity index (χ2n) is 3.88. The Kier molecular flexibility index (Phi) is 5.35. The molecule has 0 bridgehead atoms. The maximum Gasteiger partial charge on any atom is 0.310 e. The van der Waals surface area contributed by atoms with Crippen molar-refractivity contribution >= 4 is 11.6 Å². The molecule has 0 saturated heterocycles. The number of hydrogen-bond acceptors (Lipinski definition) is 4. The van der Waals surface area contributed by atoms with E-state index < -0.39 is 16.4 Å². The van der Waals surface area contributed by atoms with Crippen LogP contribution >= 0.6 is 0 Å². The third-order valence-electron chi connectivity index (χ3n) is 2.47. The number of amides is 1. The fourth-order valence-electron chi connectivity index (χ4n) is 1.48. The van der Waals surface area contributed by atoms with Crippen LogP contribution in [0, 0.1) is 22.5 Å². The molecule has 0 aromatic heterocycles. The molecular weight excluding hydrogens is 248 g/mol. The van der Waals surface area contributed by atoms with Crippen LogP contribution in [0.25, 0.3) is 0 Å². The molecule has 1 aromatic rings. The standard InChI is InChI=1S/C13H14N2O4/c1-2-3-4-5-8-14-13(17)10-6-7-11(15(18)19)12(16)9-10/h1,6-7,9,16H,3-5,8H2,(H,14,17). The quantitative estimate of drug-likeness (QED) is 0.354. The number of nitrogens with zero attached hydrogens (tertiary/aromatic N) is 1. The number of phenols is 1. The number of unbranched alkanes of at least 4 members (excludes halogenated alkanes) is 2. The van der Waals surface area contributed by atoms with E-state index >= 15 is 0 Å². The maximum absolute atomic E-state index is 11.7. The van der Waals surface area contributed by atoms with E-state index in [4.69, 9.17) is 6.42 Å². The molecule has 0 heterocycles. The molecule has 2 N–H and O–H groups in total. The van der Waals surface area contributed by atoms with Crippen LogP contribution < -0.4 is 5.32 Å². The van der Waals surface area contributed by atoms with Gasteiger partial charge < -0.3 is 10.4 Å². The molecule has 0 fully saturated rings. The van der Waals surface area contributed by atoms with E-state index in [1.807, 2.05) is 0 Å². The lowest BCUT2D eigenvalue weighted by atomic mass is 10.1. The molecular formula is C13H14N2O4. The van der Waals surface area contributed by atoms with Gasteiger partial charge in [0.1, 0.15) is 0 Å². The first kappa shape index (κ1) is 14.5. The summed E-state index contributed by atoms with van der Waals surface area (Å²) in [6, 6.07) is 3.48. The van der Waals surface area contributed by atoms with Crippen LogP contribution in [0.4, 0.5) is 5.69 Å². The van der Waals surface area contributed by atoms with Crippen LogP contribution in [0.1, 0.15) is 29.6 Å². The summed E-state index contributed by atoms with van der Waals surface area (Å²) in [5.74, 6) is 1.60. The largest absolute Gasteiger partial charge is 0.502 e. The SMILES string of the molecule is C#CCCCCNC(=O)c1ccc([N+](=O)[O-])c(O)c1. The number of benzene rings is 1. The van der Waals surface area contributed by atoms with Gasteiger partial charge in [0.05, 0.1) is 4.92 Å². The molecule has 0 saturated carbocycles. The smallest absolute Gasteiger partial charge is 0.310 e. The van der Waals surface area contributed by atoms with E-state index in [1.165, 1.54) is 6.07 Å². The predicted molar refractivity (Wildman–Crippen MR) is 69.8 cm³/mol. The molecule has 100 valence electrons. The van der Waals surface area contributed by atoms with Crippen LogP contribution in [-0.4, -0.2) is 22.5 Å². The zero-order chi connectivity index (χ0) is 14.3. The summed E-state index contributed by atoms with van der Waals surface area (Å²) in [5, 5.41) is 22.6. The van der Waals surface area contributed by atoms with E-state index in [-0.39, 0.29) is 11.5 Å². The van der Waals surface area contributed by atoms with Crippen molar-refractivity contribution in [3.63, 3.8) is 0 Å². The highest BCUT2D eigenvalue weighted by atomic mass is 16.6. The summed E-state index contributed by atoms with van der Waals surface area (Å²) in [7, 11) is 0. The van der Waals surface area contributed by atoms with Gasteiger partial charge in [0.2, 0.25) is 0 Å². The number of nitro benzene ring substituents is 1. The maximum atomic E-state index is 11.7. The molecule has 1 rings (SSSR count). The average Bonchev–Trinajstić information content (AvgIpc) is 2.37. The molecule has 1 amide bonds. The Morgan fingerprint density at radius 3 is 2.79 bits per heavy atom. The summed E-state index contributed by atoms with van der Waals surface area (Å²) in [6.07, 6.45) is 7.34. The van der Waals surface area contributed by atoms with Crippen molar-refractivity contribution in [2.75, 3.05) is 6.54 Å². The summed E-state index contributed by atoms with van der Waals surface area (Å²) >= 11 is 0.